The fourth-order valence-electron chi connectivity index (χ4n) is 5.54. The average molecular weight is 592 g/mol. The molecule has 0 bridgehead atoms. The Balaban J connectivity index is 0.00000405. The SMILES string of the molecule is COc1cc(Cc2cnc(N)nc2N)cc(/C=C/c2ccc3c(=O)c(C(=O)O)cn(C4CCCCC4)c3c2)c1OC.Cl. The Morgan fingerprint density at radius 1 is 1.10 bits per heavy atom. The summed E-state index contributed by atoms with van der Waals surface area (Å²) in [6, 6.07) is 9.47. The third-order valence-corrected chi connectivity index (χ3v) is 7.59. The van der Waals surface area contributed by atoms with E-state index in [-0.39, 0.29) is 30.0 Å². The molecule has 1 saturated carbocycles. The molecule has 0 amide bonds. The topological polar surface area (TPSA) is 156 Å². The second kappa shape index (κ2) is 12.9. The molecule has 1 aliphatic rings. The van der Waals surface area contributed by atoms with E-state index in [0.29, 0.717) is 29.1 Å². The molecule has 4 aromatic rings. The van der Waals surface area contributed by atoms with Crippen LogP contribution in [0.1, 0.15) is 70.8 Å². The van der Waals surface area contributed by atoms with Crippen LogP contribution in [0.5, 0.6) is 11.5 Å². The third-order valence-electron chi connectivity index (χ3n) is 7.59. The number of aromatic nitrogens is 3. The van der Waals surface area contributed by atoms with Crippen molar-refractivity contribution in [1.29, 1.82) is 0 Å². The molecule has 1 fully saturated rings. The first kappa shape index (κ1) is 30.4. The van der Waals surface area contributed by atoms with Crippen LogP contribution >= 0.6 is 12.4 Å². The van der Waals surface area contributed by atoms with Crippen molar-refractivity contribution < 1.29 is 19.4 Å². The number of nitrogens with zero attached hydrogens (tertiary/aromatic N) is 3. The number of hydrogen-bond donors (Lipinski definition) is 3. The van der Waals surface area contributed by atoms with Gasteiger partial charge in [0.05, 0.1) is 19.7 Å². The van der Waals surface area contributed by atoms with Crippen LogP contribution in [0.15, 0.2) is 47.5 Å². The van der Waals surface area contributed by atoms with Gasteiger partial charge in [-0.1, -0.05) is 37.5 Å². The van der Waals surface area contributed by atoms with Crippen molar-refractivity contribution in [3.05, 3.63) is 80.8 Å². The molecule has 5 N–H and O–H groups in total. The van der Waals surface area contributed by atoms with Crippen LogP contribution in [0.2, 0.25) is 0 Å². The number of pyridine rings is 1. The van der Waals surface area contributed by atoms with Crippen molar-refractivity contribution in [2.75, 3.05) is 25.7 Å². The number of carbonyl (C=O) groups is 1. The Bertz CT molecular complexity index is 1710. The van der Waals surface area contributed by atoms with Gasteiger partial charge < -0.3 is 30.6 Å². The van der Waals surface area contributed by atoms with Crippen LogP contribution in [-0.2, 0) is 6.42 Å². The number of halogens is 1. The van der Waals surface area contributed by atoms with E-state index >= 15 is 0 Å². The summed E-state index contributed by atoms with van der Waals surface area (Å²) >= 11 is 0. The lowest BCUT2D eigenvalue weighted by Crippen LogP contribution is -2.22. The zero-order valence-electron chi connectivity index (χ0n) is 23.5. The van der Waals surface area contributed by atoms with Crippen molar-refractivity contribution in [2.24, 2.45) is 0 Å². The van der Waals surface area contributed by atoms with Crippen LogP contribution in [0.3, 0.4) is 0 Å². The van der Waals surface area contributed by atoms with Gasteiger partial charge in [-0.2, -0.15) is 4.98 Å². The number of fused-ring (bicyclic) bond motifs is 1. The van der Waals surface area contributed by atoms with Gasteiger partial charge in [0, 0.05) is 41.4 Å². The van der Waals surface area contributed by atoms with Gasteiger partial charge in [0.15, 0.2) is 11.5 Å². The summed E-state index contributed by atoms with van der Waals surface area (Å²) in [5.41, 5.74) is 15.0. The summed E-state index contributed by atoms with van der Waals surface area (Å²) < 4.78 is 13.3. The highest BCUT2D eigenvalue weighted by atomic mass is 35.5. The van der Waals surface area contributed by atoms with Gasteiger partial charge in [-0.3, -0.25) is 4.79 Å². The number of nitrogen functional groups attached to an aromatic ring is 2. The Hall–Kier alpha value is -4.57. The predicted molar refractivity (Wildman–Crippen MR) is 167 cm³/mol. The molecule has 0 saturated heterocycles. The maximum absolute atomic E-state index is 13.0. The molecular formula is C31H34ClN5O5. The first-order valence-corrected chi connectivity index (χ1v) is 13.5. The van der Waals surface area contributed by atoms with E-state index in [0.717, 1.165) is 59.9 Å². The van der Waals surface area contributed by atoms with Gasteiger partial charge >= 0.3 is 5.97 Å². The average Bonchev–Trinajstić information content (AvgIpc) is 2.97. The molecule has 0 spiro atoms. The number of benzene rings is 2. The highest BCUT2D eigenvalue weighted by Crippen LogP contribution is 2.35. The molecule has 1 aliphatic carbocycles. The summed E-state index contributed by atoms with van der Waals surface area (Å²) in [5.74, 6) is 0.352. The maximum Gasteiger partial charge on any atom is 0.341 e. The number of anilines is 2. The highest BCUT2D eigenvalue weighted by molar-refractivity contribution is 5.93. The molecule has 0 atom stereocenters. The van der Waals surface area contributed by atoms with Gasteiger partial charge in [-0.25, -0.2) is 9.78 Å². The number of ether oxygens (including phenoxy) is 2. The third kappa shape index (κ3) is 6.18. The van der Waals surface area contributed by atoms with Crippen LogP contribution in [0.25, 0.3) is 23.1 Å². The molecule has 0 unspecified atom stereocenters. The van der Waals surface area contributed by atoms with Crippen molar-refractivity contribution in [1.82, 2.24) is 14.5 Å². The van der Waals surface area contributed by atoms with E-state index < -0.39 is 11.4 Å². The molecule has 2 aromatic carbocycles. The lowest BCUT2D eigenvalue weighted by atomic mass is 9.94. The minimum atomic E-state index is -1.21. The Morgan fingerprint density at radius 2 is 1.86 bits per heavy atom. The number of carboxylic acids is 1. The van der Waals surface area contributed by atoms with E-state index in [1.54, 1.807) is 26.5 Å². The van der Waals surface area contributed by atoms with Crippen LogP contribution < -0.4 is 26.4 Å². The predicted octanol–water partition coefficient (Wildman–Crippen LogP) is 5.36. The van der Waals surface area contributed by atoms with Gasteiger partial charge in [-0.05, 0) is 48.2 Å². The normalized spacial score (nSPS) is 13.7. The fraction of sp³-hybridized carbons (Fsp3) is 0.290. The van der Waals surface area contributed by atoms with E-state index in [1.807, 2.05) is 41.0 Å². The van der Waals surface area contributed by atoms with Crippen LogP contribution in [0.4, 0.5) is 11.8 Å². The highest BCUT2D eigenvalue weighted by Gasteiger charge is 2.21. The monoisotopic (exact) mass is 591 g/mol. The van der Waals surface area contributed by atoms with Crippen molar-refractivity contribution in [2.45, 2.75) is 44.6 Å². The Labute approximate surface area is 249 Å². The maximum atomic E-state index is 13.0. The van der Waals surface area contributed by atoms with Crippen molar-refractivity contribution in [3.8, 4) is 11.5 Å². The first-order valence-electron chi connectivity index (χ1n) is 13.5. The van der Waals surface area contributed by atoms with Crippen LogP contribution in [-0.4, -0.2) is 39.8 Å². The summed E-state index contributed by atoms with van der Waals surface area (Å²) in [6.07, 6.45) is 12.7. The van der Waals surface area contributed by atoms with E-state index in [1.165, 1.54) is 6.20 Å². The lowest BCUT2D eigenvalue weighted by Gasteiger charge is -2.26. The van der Waals surface area contributed by atoms with Gasteiger partial charge in [0.2, 0.25) is 11.4 Å². The molecule has 10 nitrogen and oxygen atoms in total. The standard InChI is InChI=1S/C31H33N5O5.ClH/c1-40-26-15-19(13-21-16-34-31(33)35-29(21)32)12-20(28(26)41-2)10-8-18-9-11-23-25(14-18)36(22-6-4-3-5-7-22)17-24(27(23)37)30(38)39;/h8-12,14-17,22H,3-7,13H2,1-2H3,(H,38,39)(H4,32,33,34,35);1H/b10-8+;. The zero-order valence-corrected chi connectivity index (χ0v) is 24.3. The number of nitrogens with two attached hydrogens (primary N) is 2. The molecule has 5 rings (SSSR count). The van der Waals surface area contributed by atoms with Crippen molar-refractivity contribution >= 4 is 53.2 Å². The Morgan fingerprint density at radius 3 is 2.52 bits per heavy atom. The molecule has 2 aromatic heterocycles. The minimum Gasteiger partial charge on any atom is -0.493 e. The van der Waals surface area contributed by atoms with Gasteiger partial charge in [-0.15, -0.1) is 12.4 Å². The molecule has 2 heterocycles. The summed E-state index contributed by atoms with van der Waals surface area (Å²) in [4.78, 5) is 33.0. The smallest absolute Gasteiger partial charge is 0.341 e. The quantitative estimate of drug-likeness (QED) is 0.229. The minimum absolute atomic E-state index is 0. The Kier molecular flexibility index (Phi) is 9.37. The molecular weight excluding hydrogens is 558 g/mol. The van der Waals surface area contributed by atoms with Gasteiger partial charge in [0.25, 0.3) is 0 Å². The number of hydrogen-bond acceptors (Lipinski definition) is 8. The largest absolute Gasteiger partial charge is 0.493 e. The molecule has 11 heteroatoms. The second-order valence-corrected chi connectivity index (χ2v) is 10.2. The van der Waals surface area contributed by atoms with E-state index in [2.05, 4.69) is 9.97 Å². The molecule has 42 heavy (non-hydrogen) atoms. The first-order chi connectivity index (χ1) is 19.8. The van der Waals surface area contributed by atoms with E-state index in [9.17, 15) is 14.7 Å². The second-order valence-electron chi connectivity index (χ2n) is 10.2. The van der Waals surface area contributed by atoms with Crippen LogP contribution in [0, 0.1) is 0 Å². The number of aromatic carboxylic acids is 1. The lowest BCUT2D eigenvalue weighted by molar-refractivity contribution is 0.0694. The molecule has 0 radical (unpaired) electrons. The van der Waals surface area contributed by atoms with Crippen molar-refractivity contribution in [3.63, 3.8) is 0 Å². The molecule has 220 valence electrons. The molecule has 0 aliphatic heterocycles. The number of methoxy groups -OCH3 is 2. The summed E-state index contributed by atoms with van der Waals surface area (Å²) in [5, 5.41) is 10.1. The summed E-state index contributed by atoms with van der Waals surface area (Å²) in [7, 11) is 3.16. The van der Waals surface area contributed by atoms with E-state index in [4.69, 9.17) is 20.9 Å². The van der Waals surface area contributed by atoms with Gasteiger partial charge in [0.1, 0.15) is 11.4 Å². The number of carboxylic acid groups (broad SMARTS) is 1. The number of rotatable bonds is 8. The summed E-state index contributed by atoms with van der Waals surface area (Å²) in [6.45, 7) is 0. The zero-order chi connectivity index (χ0) is 29.1. The fourth-order valence-corrected chi connectivity index (χ4v) is 5.54.